The molecular weight excluding hydrogens is 352 g/mol. The van der Waals surface area contributed by atoms with Crippen molar-refractivity contribution in [2.75, 3.05) is 0 Å². The molecule has 1 heterocycles. The fourth-order valence-corrected chi connectivity index (χ4v) is 3.61. The zero-order valence-corrected chi connectivity index (χ0v) is 15.8. The van der Waals surface area contributed by atoms with Gasteiger partial charge in [-0.05, 0) is 43.4 Å². The van der Waals surface area contributed by atoms with E-state index in [4.69, 9.17) is 0 Å². The number of aromatic nitrogens is 2. The van der Waals surface area contributed by atoms with E-state index in [2.05, 4.69) is 22.5 Å². The molecule has 2 aromatic carbocycles. The first-order valence-corrected chi connectivity index (χ1v) is 9.59. The molecule has 0 bridgehead atoms. The molecule has 1 N–H and O–H groups in total. The van der Waals surface area contributed by atoms with Gasteiger partial charge < -0.3 is 0 Å². The zero-order valence-electron chi connectivity index (χ0n) is 15.8. The van der Waals surface area contributed by atoms with E-state index < -0.39 is 5.91 Å². The molecule has 1 amide bonds. The van der Waals surface area contributed by atoms with Gasteiger partial charge in [-0.25, -0.2) is 5.43 Å². The van der Waals surface area contributed by atoms with E-state index in [1.807, 2.05) is 18.2 Å². The van der Waals surface area contributed by atoms with Gasteiger partial charge in [-0.3, -0.25) is 9.59 Å². The molecule has 1 aromatic heterocycles. The number of hydrogen-bond acceptors (Lipinski definition) is 4. The first-order chi connectivity index (χ1) is 13.6. The second-order valence-corrected chi connectivity index (χ2v) is 7.14. The van der Waals surface area contributed by atoms with Crippen LogP contribution in [0.2, 0.25) is 0 Å². The molecule has 0 radical (unpaired) electrons. The van der Waals surface area contributed by atoms with Crippen LogP contribution >= 0.6 is 0 Å². The zero-order chi connectivity index (χ0) is 19.5. The number of rotatable bonds is 3. The summed E-state index contributed by atoms with van der Waals surface area (Å²) in [5.41, 5.74) is 4.21. The van der Waals surface area contributed by atoms with Crippen molar-refractivity contribution in [2.45, 2.75) is 32.6 Å². The van der Waals surface area contributed by atoms with E-state index >= 15 is 0 Å². The number of benzene rings is 2. The minimum atomic E-state index is -0.411. The Morgan fingerprint density at radius 2 is 1.79 bits per heavy atom. The Bertz CT molecular complexity index is 1100. The summed E-state index contributed by atoms with van der Waals surface area (Å²) in [5.74, 6) is -0.0387. The maximum Gasteiger partial charge on any atom is 0.292 e. The molecule has 0 aliphatic heterocycles. The van der Waals surface area contributed by atoms with Gasteiger partial charge in [0.05, 0.1) is 11.1 Å². The fourth-order valence-electron chi connectivity index (χ4n) is 3.61. The smallest absolute Gasteiger partial charge is 0.267 e. The SMILES string of the molecule is C[C@@H]1CCCC/C1=N/NC(=O)c1nn(-c2ccccc2)c(=O)c2ccccc12. The summed E-state index contributed by atoms with van der Waals surface area (Å²) in [6, 6.07) is 16.1. The summed E-state index contributed by atoms with van der Waals surface area (Å²) >= 11 is 0. The molecule has 6 nitrogen and oxygen atoms in total. The minimum absolute atomic E-state index is 0.187. The van der Waals surface area contributed by atoms with Crippen LogP contribution in [0.1, 0.15) is 43.1 Å². The average molecular weight is 374 g/mol. The maximum atomic E-state index is 12.9. The summed E-state index contributed by atoms with van der Waals surface area (Å²) < 4.78 is 1.27. The number of nitrogens with zero attached hydrogens (tertiary/aromatic N) is 3. The van der Waals surface area contributed by atoms with Crippen LogP contribution in [0.5, 0.6) is 0 Å². The molecule has 0 unspecified atom stereocenters. The normalized spacial score (nSPS) is 18.3. The second kappa shape index (κ2) is 7.76. The second-order valence-electron chi connectivity index (χ2n) is 7.14. The number of nitrogens with one attached hydrogen (secondary N) is 1. The van der Waals surface area contributed by atoms with Crippen LogP contribution in [-0.2, 0) is 0 Å². The van der Waals surface area contributed by atoms with Crippen molar-refractivity contribution in [3.63, 3.8) is 0 Å². The Morgan fingerprint density at radius 3 is 2.54 bits per heavy atom. The molecule has 0 spiro atoms. The third-order valence-corrected chi connectivity index (χ3v) is 5.21. The van der Waals surface area contributed by atoms with Crippen molar-refractivity contribution in [1.29, 1.82) is 0 Å². The predicted octanol–water partition coefficient (Wildman–Crippen LogP) is 3.68. The van der Waals surface area contributed by atoms with Crippen LogP contribution in [0, 0.1) is 5.92 Å². The molecule has 1 saturated carbocycles. The number of carbonyl (C=O) groups excluding carboxylic acids is 1. The van der Waals surface area contributed by atoms with E-state index in [1.54, 1.807) is 36.4 Å². The van der Waals surface area contributed by atoms with Crippen LogP contribution in [0.4, 0.5) is 0 Å². The molecule has 4 rings (SSSR count). The van der Waals surface area contributed by atoms with Crippen molar-refractivity contribution >= 4 is 22.4 Å². The lowest BCUT2D eigenvalue weighted by Gasteiger charge is -2.19. The minimum Gasteiger partial charge on any atom is -0.267 e. The van der Waals surface area contributed by atoms with Gasteiger partial charge in [0.2, 0.25) is 0 Å². The van der Waals surface area contributed by atoms with Gasteiger partial charge in [0.1, 0.15) is 0 Å². The Kier molecular flexibility index (Phi) is 5.02. The van der Waals surface area contributed by atoms with Crippen LogP contribution in [0.15, 0.2) is 64.5 Å². The monoisotopic (exact) mass is 374 g/mol. The van der Waals surface area contributed by atoms with Gasteiger partial charge in [0, 0.05) is 11.1 Å². The average Bonchev–Trinajstić information content (AvgIpc) is 2.74. The summed E-state index contributed by atoms with van der Waals surface area (Å²) in [5, 5.41) is 9.71. The Hall–Kier alpha value is -3.28. The van der Waals surface area contributed by atoms with Gasteiger partial charge >= 0.3 is 0 Å². The third-order valence-electron chi connectivity index (χ3n) is 5.21. The molecule has 6 heteroatoms. The molecule has 142 valence electrons. The van der Waals surface area contributed by atoms with Gasteiger partial charge in [0.25, 0.3) is 11.5 Å². The quantitative estimate of drug-likeness (QED) is 0.711. The van der Waals surface area contributed by atoms with Crippen molar-refractivity contribution < 1.29 is 4.79 Å². The van der Waals surface area contributed by atoms with Gasteiger partial charge in [-0.1, -0.05) is 49.7 Å². The lowest BCUT2D eigenvalue weighted by Crippen LogP contribution is -2.29. The topological polar surface area (TPSA) is 76.3 Å². The molecule has 1 fully saturated rings. The number of amides is 1. The summed E-state index contributed by atoms with van der Waals surface area (Å²) in [4.78, 5) is 25.8. The highest BCUT2D eigenvalue weighted by Crippen LogP contribution is 2.21. The molecular formula is C22H22N4O2. The van der Waals surface area contributed by atoms with Crippen LogP contribution in [0.3, 0.4) is 0 Å². The lowest BCUT2D eigenvalue weighted by atomic mass is 9.89. The van der Waals surface area contributed by atoms with Crippen molar-refractivity contribution in [1.82, 2.24) is 15.2 Å². The van der Waals surface area contributed by atoms with Crippen LogP contribution in [-0.4, -0.2) is 21.4 Å². The molecule has 1 aliphatic rings. The maximum absolute atomic E-state index is 12.9. The van der Waals surface area contributed by atoms with Crippen molar-refractivity contribution in [3.05, 3.63) is 70.6 Å². The first-order valence-electron chi connectivity index (χ1n) is 9.59. The largest absolute Gasteiger partial charge is 0.292 e. The number of hydrogen-bond donors (Lipinski definition) is 1. The molecule has 1 aliphatic carbocycles. The summed E-state index contributed by atoms with van der Waals surface area (Å²) in [7, 11) is 0. The number of carbonyl (C=O) groups is 1. The van der Waals surface area contributed by atoms with E-state index in [-0.39, 0.29) is 11.3 Å². The summed E-state index contributed by atoms with van der Waals surface area (Å²) in [6.07, 6.45) is 4.29. The van der Waals surface area contributed by atoms with Gasteiger partial charge in [-0.15, -0.1) is 0 Å². The van der Waals surface area contributed by atoms with Crippen LogP contribution in [0.25, 0.3) is 16.5 Å². The van der Waals surface area contributed by atoms with Crippen molar-refractivity contribution in [3.8, 4) is 5.69 Å². The highest BCUT2D eigenvalue weighted by atomic mass is 16.2. The van der Waals surface area contributed by atoms with E-state index in [1.165, 1.54) is 11.1 Å². The van der Waals surface area contributed by atoms with Crippen LogP contribution < -0.4 is 11.0 Å². The predicted molar refractivity (Wildman–Crippen MR) is 110 cm³/mol. The number of hydrazone groups is 1. The van der Waals surface area contributed by atoms with E-state index in [0.29, 0.717) is 22.4 Å². The number of para-hydroxylation sites is 1. The standard InChI is InChI=1S/C22H22N4O2/c1-15-9-5-8-14-19(15)23-24-21(27)20-17-12-6-7-13-18(17)22(28)26(25-20)16-10-3-2-4-11-16/h2-4,6-7,10-13,15H,5,8-9,14H2,1H3,(H,24,27)/b23-19-/t15-/m1/s1. The number of fused-ring (bicyclic) bond motifs is 1. The van der Waals surface area contributed by atoms with Gasteiger partial charge in [0.15, 0.2) is 5.69 Å². The lowest BCUT2D eigenvalue weighted by molar-refractivity contribution is 0.0949. The molecule has 1 atom stereocenters. The Labute approximate surface area is 162 Å². The molecule has 28 heavy (non-hydrogen) atoms. The summed E-state index contributed by atoms with van der Waals surface area (Å²) in [6.45, 7) is 2.13. The van der Waals surface area contributed by atoms with Crippen molar-refractivity contribution in [2.24, 2.45) is 11.0 Å². The fraction of sp³-hybridized carbons (Fsp3) is 0.273. The Balaban J connectivity index is 1.77. The highest BCUT2D eigenvalue weighted by molar-refractivity contribution is 6.05. The third kappa shape index (κ3) is 3.45. The Morgan fingerprint density at radius 1 is 1.07 bits per heavy atom. The molecule has 3 aromatic rings. The van der Waals surface area contributed by atoms with E-state index in [9.17, 15) is 9.59 Å². The van der Waals surface area contributed by atoms with Gasteiger partial charge in [-0.2, -0.15) is 14.9 Å². The van der Waals surface area contributed by atoms with E-state index in [0.717, 1.165) is 25.0 Å². The highest BCUT2D eigenvalue weighted by Gasteiger charge is 2.19. The first kappa shape index (κ1) is 18.1. The molecule has 0 saturated heterocycles.